The van der Waals surface area contributed by atoms with Crippen LogP contribution in [-0.2, 0) is 0 Å². The fraction of sp³-hybridized carbons (Fsp3) is 0.111. The van der Waals surface area contributed by atoms with Gasteiger partial charge in [0.05, 0.1) is 10.7 Å². The maximum absolute atomic E-state index is 5.27. The number of halogens is 2. The molecule has 0 unspecified atom stereocenters. The maximum Gasteiger partial charge on any atom is 0.188 e. The summed E-state index contributed by atoms with van der Waals surface area (Å²) in [5.41, 5.74) is 0. The van der Waals surface area contributed by atoms with E-state index in [0.29, 0.717) is 0 Å². The van der Waals surface area contributed by atoms with Crippen LogP contribution in [0.25, 0.3) is 10.1 Å². The molecule has 0 N–H and O–H groups in total. The molecule has 2 aromatic rings. The lowest BCUT2D eigenvalue weighted by atomic mass is 10.3. The number of thiophene rings is 1. The summed E-state index contributed by atoms with van der Waals surface area (Å²) in [6.45, 7) is 0. The monoisotopic (exact) mass is 368 g/mol. The molecule has 0 fully saturated rings. The smallest absolute Gasteiger partial charge is 0.188 e. The Labute approximate surface area is 102 Å². The average Bonchev–Trinajstić information content (AvgIpc) is 2.44. The van der Waals surface area contributed by atoms with Crippen molar-refractivity contribution < 1.29 is 4.74 Å². The second-order valence-electron chi connectivity index (χ2n) is 2.55. The molecule has 1 aromatic heterocycles. The second-order valence-corrected chi connectivity index (χ2v) is 5.56. The molecule has 0 bridgehead atoms. The standard InChI is InChI=1S/C9H6BrIOS/c1-12-9-8(11)6-4-5(10)2-3-7(6)13-9/h2-4H,1H3. The van der Waals surface area contributed by atoms with Crippen molar-refractivity contribution >= 4 is 59.9 Å². The predicted molar refractivity (Wildman–Crippen MR) is 68.8 cm³/mol. The Hall–Kier alpha value is 0.190. The lowest BCUT2D eigenvalue weighted by Crippen LogP contribution is -1.78. The van der Waals surface area contributed by atoms with Crippen molar-refractivity contribution in [3.8, 4) is 5.06 Å². The van der Waals surface area contributed by atoms with Crippen molar-refractivity contribution in [2.24, 2.45) is 0 Å². The van der Waals surface area contributed by atoms with Crippen LogP contribution in [0.1, 0.15) is 0 Å². The van der Waals surface area contributed by atoms with Crippen molar-refractivity contribution in [2.45, 2.75) is 0 Å². The van der Waals surface area contributed by atoms with E-state index in [1.165, 1.54) is 13.7 Å². The average molecular weight is 369 g/mol. The molecule has 4 heteroatoms. The third kappa shape index (κ3) is 1.71. The van der Waals surface area contributed by atoms with Crippen molar-refractivity contribution in [3.63, 3.8) is 0 Å². The van der Waals surface area contributed by atoms with E-state index in [1.54, 1.807) is 18.4 Å². The van der Waals surface area contributed by atoms with Gasteiger partial charge in [-0.2, -0.15) is 0 Å². The van der Waals surface area contributed by atoms with Gasteiger partial charge < -0.3 is 4.74 Å². The molecule has 0 radical (unpaired) electrons. The fourth-order valence-corrected chi connectivity index (χ4v) is 3.58. The lowest BCUT2D eigenvalue weighted by molar-refractivity contribution is 0.425. The first kappa shape index (κ1) is 9.73. The molecule has 2 rings (SSSR count). The molecule has 0 atom stereocenters. The van der Waals surface area contributed by atoms with Gasteiger partial charge in [-0.05, 0) is 40.8 Å². The van der Waals surface area contributed by atoms with Gasteiger partial charge in [-0.1, -0.05) is 27.3 Å². The van der Waals surface area contributed by atoms with Gasteiger partial charge in [0.25, 0.3) is 0 Å². The molecule has 0 saturated carbocycles. The molecular weight excluding hydrogens is 363 g/mol. The van der Waals surface area contributed by atoms with E-state index >= 15 is 0 Å². The number of methoxy groups -OCH3 is 1. The first-order valence-electron chi connectivity index (χ1n) is 3.64. The van der Waals surface area contributed by atoms with Crippen LogP contribution < -0.4 is 4.74 Å². The van der Waals surface area contributed by atoms with Gasteiger partial charge in [0, 0.05) is 14.6 Å². The van der Waals surface area contributed by atoms with Crippen LogP contribution in [0.4, 0.5) is 0 Å². The fourth-order valence-electron chi connectivity index (χ4n) is 1.15. The first-order valence-corrected chi connectivity index (χ1v) is 6.32. The minimum atomic E-state index is 0.994. The van der Waals surface area contributed by atoms with Gasteiger partial charge in [0.15, 0.2) is 5.06 Å². The van der Waals surface area contributed by atoms with Crippen LogP contribution in [0, 0.1) is 3.57 Å². The van der Waals surface area contributed by atoms with Crippen LogP contribution >= 0.6 is 49.9 Å². The van der Waals surface area contributed by atoms with Crippen molar-refractivity contribution in [1.29, 1.82) is 0 Å². The SMILES string of the molecule is COc1sc2ccc(Br)cc2c1I. The molecule has 0 aliphatic carbocycles. The molecule has 0 aliphatic rings. The highest BCUT2D eigenvalue weighted by Crippen LogP contribution is 2.39. The summed E-state index contributed by atoms with van der Waals surface area (Å²) >= 11 is 7.46. The summed E-state index contributed by atoms with van der Waals surface area (Å²) in [6.07, 6.45) is 0. The molecule has 1 heterocycles. The number of ether oxygens (including phenoxy) is 1. The van der Waals surface area contributed by atoms with Crippen LogP contribution in [-0.4, -0.2) is 7.11 Å². The summed E-state index contributed by atoms with van der Waals surface area (Å²) in [5, 5.41) is 2.26. The van der Waals surface area contributed by atoms with Gasteiger partial charge in [0.2, 0.25) is 0 Å². The van der Waals surface area contributed by atoms with Crippen LogP contribution in [0.5, 0.6) is 5.06 Å². The van der Waals surface area contributed by atoms with Gasteiger partial charge in [-0.3, -0.25) is 0 Å². The Morgan fingerprint density at radius 2 is 2.23 bits per heavy atom. The highest BCUT2D eigenvalue weighted by atomic mass is 127. The van der Waals surface area contributed by atoms with E-state index < -0.39 is 0 Å². The molecule has 0 spiro atoms. The molecule has 0 aliphatic heterocycles. The minimum absolute atomic E-state index is 0.994. The number of rotatable bonds is 1. The number of fused-ring (bicyclic) bond motifs is 1. The van der Waals surface area contributed by atoms with Crippen molar-refractivity contribution in [2.75, 3.05) is 7.11 Å². The Morgan fingerprint density at radius 1 is 1.46 bits per heavy atom. The summed E-state index contributed by atoms with van der Waals surface area (Å²) in [6, 6.07) is 6.28. The summed E-state index contributed by atoms with van der Waals surface area (Å²) < 4.78 is 8.84. The highest BCUT2D eigenvalue weighted by Gasteiger charge is 2.09. The maximum atomic E-state index is 5.27. The quantitative estimate of drug-likeness (QED) is 0.683. The zero-order valence-electron chi connectivity index (χ0n) is 6.80. The Kier molecular flexibility index (Phi) is 2.80. The molecule has 1 nitrogen and oxygen atoms in total. The Bertz CT molecular complexity index is 452. The van der Waals surface area contributed by atoms with Gasteiger partial charge in [-0.25, -0.2) is 0 Å². The van der Waals surface area contributed by atoms with Gasteiger partial charge in [-0.15, -0.1) is 0 Å². The lowest BCUT2D eigenvalue weighted by Gasteiger charge is -1.93. The minimum Gasteiger partial charge on any atom is -0.486 e. The Morgan fingerprint density at radius 3 is 2.92 bits per heavy atom. The van der Waals surface area contributed by atoms with Crippen LogP contribution in [0.3, 0.4) is 0 Å². The summed E-state index contributed by atoms with van der Waals surface area (Å²) in [7, 11) is 1.71. The van der Waals surface area contributed by atoms with E-state index in [1.807, 2.05) is 6.07 Å². The largest absolute Gasteiger partial charge is 0.486 e. The van der Waals surface area contributed by atoms with E-state index in [-0.39, 0.29) is 0 Å². The second kappa shape index (κ2) is 3.74. The molecule has 13 heavy (non-hydrogen) atoms. The van der Waals surface area contributed by atoms with Crippen LogP contribution in [0.2, 0.25) is 0 Å². The number of hydrogen-bond donors (Lipinski definition) is 0. The van der Waals surface area contributed by atoms with E-state index in [0.717, 1.165) is 9.54 Å². The molecule has 0 saturated heterocycles. The third-order valence-electron chi connectivity index (χ3n) is 1.75. The van der Waals surface area contributed by atoms with Crippen LogP contribution in [0.15, 0.2) is 22.7 Å². The van der Waals surface area contributed by atoms with E-state index in [9.17, 15) is 0 Å². The number of hydrogen-bond acceptors (Lipinski definition) is 2. The number of benzene rings is 1. The Balaban J connectivity index is 2.77. The summed E-state index contributed by atoms with van der Waals surface area (Å²) in [5.74, 6) is 0. The van der Waals surface area contributed by atoms with Crippen molar-refractivity contribution in [3.05, 3.63) is 26.2 Å². The van der Waals surface area contributed by atoms with Gasteiger partial charge >= 0.3 is 0 Å². The topological polar surface area (TPSA) is 9.23 Å². The van der Waals surface area contributed by atoms with Gasteiger partial charge in [0.1, 0.15) is 0 Å². The zero-order valence-corrected chi connectivity index (χ0v) is 11.4. The predicted octanol–water partition coefficient (Wildman–Crippen LogP) is 4.28. The zero-order chi connectivity index (χ0) is 9.42. The molecule has 68 valence electrons. The molecular formula is C9H6BrIOS. The molecule has 1 aromatic carbocycles. The van der Waals surface area contributed by atoms with E-state index in [2.05, 4.69) is 50.7 Å². The first-order chi connectivity index (χ1) is 6.22. The molecule has 0 amide bonds. The van der Waals surface area contributed by atoms with E-state index in [4.69, 9.17) is 4.74 Å². The summed E-state index contributed by atoms with van der Waals surface area (Å²) in [4.78, 5) is 0. The van der Waals surface area contributed by atoms with Crippen molar-refractivity contribution in [1.82, 2.24) is 0 Å². The highest BCUT2D eigenvalue weighted by molar-refractivity contribution is 14.1. The normalized spacial score (nSPS) is 10.7. The third-order valence-corrected chi connectivity index (χ3v) is 4.81.